The van der Waals surface area contributed by atoms with Crippen molar-refractivity contribution in [1.29, 1.82) is 0 Å². The van der Waals surface area contributed by atoms with Crippen molar-refractivity contribution in [1.82, 2.24) is 0 Å². The third-order valence-electron chi connectivity index (χ3n) is 5.04. The Balaban J connectivity index is 3.41. The molecule has 0 aliphatic heterocycles. The first-order valence-electron chi connectivity index (χ1n) is 9.46. The molecule has 0 saturated carbocycles. The Morgan fingerprint density at radius 1 is 1.00 bits per heavy atom. The number of ether oxygens (including phenoxy) is 1. The predicted octanol–water partition coefficient (Wildman–Crippen LogP) is 5.45. The molecule has 0 spiro atoms. The molecular weight excluding hydrogens is 407 g/mol. The van der Waals surface area contributed by atoms with Gasteiger partial charge < -0.3 is 0 Å². The van der Waals surface area contributed by atoms with Gasteiger partial charge in [0, 0.05) is 0 Å². The Kier molecular flexibility index (Phi) is 9.79. The van der Waals surface area contributed by atoms with Crippen LogP contribution in [0.15, 0.2) is 18.2 Å². The van der Waals surface area contributed by atoms with Crippen molar-refractivity contribution >= 4 is 27.9 Å². The van der Waals surface area contributed by atoms with E-state index in [1.54, 1.807) is 13.2 Å². The number of carbonyl (C=O) groups is 1. The number of unbranched alkanes of at least 4 members (excludes halogenated alkanes) is 3. The van der Waals surface area contributed by atoms with Crippen LogP contribution in [0.5, 0.6) is 5.75 Å². The molecule has 3 nitrogen and oxygen atoms in total. The fourth-order valence-electron chi connectivity index (χ4n) is 3.58. The molecule has 0 amide bonds. The fraction of sp³-hybridized carbons (Fsp3) is 0.650. The van der Waals surface area contributed by atoms with E-state index in [4.69, 9.17) is 4.74 Å². The van der Waals surface area contributed by atoms with Crippen LogP contribution >= 0.6 is 0 Å². The van der Waals surface area contributed by atoms with Gasteiger partial charge in [0.2, 0.25) is 0 Å². The van der Waals surface area contributed by atoms with E-state index in [-0.39, 0.29) is 0 Å². The summed E-state index contributed by atoms with van der Waals surface area (Å²) in [7, 11) is 1.72. The first-order valence-corrected chi connectivity index (χ1v) is 16.9. The molecule has 0 bridgehead atoms. The van der Waals surface area contributed by atoms with Crippen LogP contribution in [0.2, 0.25) is 13.3 Å². The second-order valence-corrected chi connectivity index (χ2v) is 19.9. The molecule has 136 valence electrons. The van der Waals surface area contributed by atoms with Crippen LogP contribution in [-0.2, 0) is 0 Å². The number of benzene rings is 1. The molecule has 0 fully saturated rings. The molecule has 0 saturated heterocycles. The average Bonchev–Trinajstić information content (AvgIpc) is 2.61. The maximum atomic E-state index is 11.5. The number of hydrogen-bond donors (Lipinski definition) is 1. The van der Waals surface area contributed by atoms with Crippen molar-refractivity contribution in [2.45, 2.75) is 72.6 Å². The number of methoxy groups -OCH3 is 1. The van der Waals surface area contributed by atoms with Gasteiger partial charge in [-0.1, -0.05) is 0 Å². The molecule has 1 aromatic rings. The van der Waals surface area contributed by atoms with E-state index < -0.39 is 24.3 Å². The Hall–Kier alpha value is -0.711. The first-order chi connectivity index (χ1) is 11.5. The zero-order valence-corrected chi connectivity index (χ0v) is 18.7. The van der Waals surface area contributed by atoms with Gasteiger partial charge >= 0.3 is 152 Å². The summed E-state index contributed by atoms with van der Waals surface area (Å²) in [5, 5.41) is 9.45. The van der Waals surface area contributed by atoms with Crippen LogP contribution in [0, 0.1) is 0 Å². The summed E-state index contributed by atoms with van der Waals surface area (Å²) in [6, 6.07) is 5.52. The monoisotopic (exact) mass is 442 g/mol. The predicted molar refractivity (Wildman–Crippen MR) is 104 cm³/mol. The minimum absolute atomic E-state index is 0.413. The fourth-order valence-corrected chi connectivity index (χ4v) is 20.2. The Morgan fingerprint density at radius 3 is 1.88 bits per heavy atom. The first kappa shape index (κ1) is 21.3. The number of rotatable bonds is 12. The second-order valence-electron chi connectivity index (χ2n) is 6.81. The van der Waals surface area contributed by atoms with Crippen LogP contribution < -0.4 is 8.32 Å². The van der Waals surface area contributed by atoms with Crippen molar-refractivity contribution in [2.24, 2.45) is 0 Å². The molecular formula is C20H34O3Sn. The van der Waals surface area contributed by atoms with Gasteiger partial charge in [0.1, 0.15) is 0 Å². The molecule has 4 heteroatoms. The van der Waals surface area contributed by atoms with E-state index in [2.05, 4.69) is 20.8 Å². The summed E-state index contributed by atoms with van der Waals surface area (Å²) >= 11 is -2.68. The van der Waals surface area contributed by atoms with Crippen molar-refractivity contribution in [3.05, 3.63) is 23.8 Å². The number of hydrogen-bond acceptors (Lipinski definition) is 2. The van der Waals surface area contributed by atoms with Crippen molar-refractivity contribution in [3.63, 3.8) is 0 Å². The van der Waals surface area contributed by atoms with E-state index in [0.717, 1.165) is 5.75 Å². The zero-order valence-electron chi connectivity index (χ0n) is 15.9. The third kappa shape index (κ3) is 5.68. The molecule has 0 aliphatic rings. The molecule has 0 atom stereocenters. The molecule has 1 rings (SSSR count). The SMILES string of the molecule is CCC[CH2][Sn]([CH2]CCC)([CH2]CCC)[c]1cc(C(=O)O)ccc1OC. The Labute approximate surface area is 151 Å². The summed E-state index contributed by atoms with van der Waals surface area (Å²) in [5.74, 6) is 0.0969. The van der Waals surface area contributed by atoms with Gasteiger partial charge in [-0.15, -0.1) is 0 Å². The van der Waals surface area contributed by atoms with Crippen LogP contribution in [0.3, 0.4) is 0 Å². The Morgan fingerprint density at radius 2 is 1.50 bits per heavy atom. The van der Waals surface area contributed by atoms with Crippen LogP contribution in [-0.4, -0.2) is 36.6 Å². The number of carboxylic acids is 1. The Bertz CT molecular complexity index is 492. The van der Waals surface area contributed by atoms with Gasteiger partial charge in [-0.05, 0) is 0 Å². The molecule has 0 aliphatic carbocycles. The standard InChI is InChI=1S/C8H7O3.3C4H9.Sn/c1-11-7-4-2-6(3-5-7)8(9)10;3*1-3-4-2;/h2-4H,1H3,(H,9,10);3*1,3-4H2,2H3;. The molecule has 24 heavy (non-hydrogen) atoms. The number of carboxylic acid groups (broad SMARTS) is 1. The summed E-state index contributed by atoms with van der Waals surface area (Å²) in [6.07, 6.45) is 7.38. The quantitative estimate of drug-likeness (QED) is 0.439. The molecule has 1 N–H and O–H groups in total. The van der Waals surface area contributed by atoms with Gasteiger partial charge in [0.25, 0.3) is 0 Å². The van der Waals surface area contributed by atoms with Crippen LogP contribution in [0.1, 0.15) is 69.7 Å². The summed E-state index contributed by atoms with van der Waals surface area (Å²) < 4.78 is 10.9. The van der Waals surface area contributed by atoms with Gasteiger partial charge in [0.15, 0.2) is 0 Å². The van der Waals surface area contributed by atoms with Crippen LogP contribution in [0.25, 0.3) is 0 Å². The van der Waals surface area contributed by atoms with Crippen molar-refractivity contribution in [2.75, 3.05) is 7.11 Å². The summed E-state index contributed by atoms with van der Waals surface area (Å²) in [4.78, 5) is 11.5. The molecule has 0 unspecified atom stereocenters. The van der Waals surface area contributed by atoms with E-state index in [1.807, 2.05) is 12.1 Å². The van der Waals surface area contributed by atoms with Gasteiger partial charge in [-0.2, -0.15) is 0 Å². The third-order valence-corrected chi connectivity index (χ3v) is 20.6. The van der Waals surface area contributed by atoms with Gasteiger partial charge in [-0.3, -0.25) is 0 Å². The summed E-state index contributed by atoms with van der Waals surface area (Å²) in [5.41, 5.74) is 0.413. The van der Waals surface area contributed by atoms with E-state index in [1.165, 1.54) is 55.4 Å². The topological polar surface area (TPSA) is 46.5 Å². The molecule has 0 aromatic heterocycles. The molecule has 0 radical (unpaired) electrons. The zero-order chi connectivity index (χ0) is 18.0. The maximum absolute atomic E-state index is 11.5. The summed E-state index contributed by atoms with van der Waals surface area (Å²) in [6.45, 7) is 6.75. The normalized spacial score (nSPS) is 11.5. The van der Waals surface area contributed by atoms with Gasteiger partial charge in [-0.25, -0.2) is 0 Å². The molecule has 0 heterocycles. The van der Waals surface area contributed by atoms with E-state index >= 15 is 0 Å². The number of aromatic carboxylic acids is 1. The van der Waals surface area contributed by atoms with Crippen molar-refractivity contribution in [3.8, 4) is 5.75 Å². The second kappa shape index (κ2) is 11.0. The van der Waals surface area contributed by atoms with Gasteiger partial charge in [0.05, 0.1) is 0 Å². The molecule has 1 aromatic carbocycles. The average molecular weight is 441 g/mol. The van der Waals surface area contributed by atoms with Crippen molar-refractivity contribution < 1.29 is 14.6 Å². The minimum atomic E-state index is -2.68. The van der Waals surface area contributed by atoms with Crippen LogP contribution in [0.4, 0.5) is 0 Å². The van der Waals surface area contributed by atoms with E-state index in [0.29, 0.717) is 5.56 Å². The van der Waals surface area contributed by atoms with E-state index in [9.17, 15) is 9.90 Å².